The number of hydrogen-bond donors (Lipinski definition) is 1. The average molecular weight is 272 g/mol. The van der Waals surface area contributed by atoms with Gasteiger partial charge in [-0.3, -0.25) is 4.79 Å². The van der Waals surface area contributed by atoms with E-state index < -0.39 is 0 Å². The third-order valence-corrected chi connectivity index (χ3v) is 2.31. The van der Waals surface area contributed by atoms with E-state index in [-0.39, 0.29) is 5.91 Å². The summed E-state index contributed by atoms with van der Waals surface area (Å²) in [6.07, 6.45) is 4.93. The molecular weight excluding hydrogens is 252 g/mol. The van der Waals surface area contributed by atoms with Crippen LogP contribution in [-0.4, -0.2) is 42.1 Å². The Morgan fingerprint density at radius 2 is 2.25 bits per heavy atom. The maximum Gasteiger partial charge on any atom is 0.249 e. The molecular formula is C15H20N4O. The molecule has 0 saturated carbocycles. The highest BCUT2D eigenvalue weighted by Gasteiger charge is 2.00. The van der Waals surface area contributed by atoms with E-state index in [1.54, 1.807) is 30.4 Å². The largest absolute Gasteiger partial charge is 0.307 e. The summed E-state index contributed by atoms with van der Waals surface area (Å²) in [5.74, 6) is 0.806. The molecule has 1 N–H and O–H groups in total. The molecule has 0 bridgehead atoms. The van der Waals surface area contributed by atoms with Crippen molar-refractivity contribution in [3.63, 3.8) is 0 Å². The number of allylic oxidation sites excluding steroid dienone is 1. The van der Waals surface area contributed by atoms with Crippen LogP contribution in [0.4, 0.5) is 11.6 Å². The Hall–Kier alpha value is -2.27. The van der Waals surface area contributed by atoms with Gasteiger partial charge in [-0.1, -0.05) is 18.7 Å². The molecule has 1 rings (SSSR count). The zero-order chi connectivity index (χ0) is 15.0. The number of anilines is 1. The molecule has 1 heterocycles. The van der Waals surface area contributed by atoms with E-state index in [4.69, 9.17) is 0 Å². The lowest BCUT2D eigenvalue weighted by atomic mass is 10.4. The highest BCUT2D eigenvalue weighted by molar-refractivity contribution is 5.98. The van der Waals surface area contributed by atoms with Crippen LogP contribution in [0.3, 0.4) is 0 Å². The van der Waals surface area contributed by atoms with Crippen molar-refractivity contribution in [1.29, 1.82) is 0 Å². The first-order valence-electron chi connectivity index (χ1n) is 6.28. The van der Waals surface area contributed by atoms with Crippen molar-refractivity contribution in [3.05, 3.63) is 43.0 Å². The van der Waals surface area contributed by atoms with Crippen molar-refractivity contribution in [3.8, 4) is 0 Å². The number of nitrogens with one attached hydrogen (secondary N) is 1. The molecule has 0 aliphatic rings. The third kappa shape index (κ3) is 6.06. The summed E-state index contributed by atoms with van der Waals surface area (Å²) >= 11 is 0. The zero-order valence-corrected chi connectivity index (χ0v) is 12.1. The van der Waals surface area contributed by atoms with E-state index in [9.17, 15) is 4.79 Å². The second-order valence-electron chi connectivity index (χ2n) is 4.49. The minimum absolute atomic E-state index is 0.207. The summed E-state index contributed by atoms with van der Waals surface area (Å²) in [4.78, 5) is 22.1. The van der Waals surface area contributed by atoms with Gasteiger partial charge < -0.3 is 10.2 Å². The monoisotopic (exact) mass is 272 g/mol. The zero-order valence-electron chi connectivity index (χ0n) is 12.1. The number of amides is 1. The molecule has 0 atom stereocenters. The quantitative estimate of drug-likeness (QED) is 0.639. The van der Waals surface area contributed by atoms with Gasteiger partial charge in [0.15, 0.2) is 5.82 Å². The number of likely N-dealkylation sites (N-methyl/N-ethyl adjacent to an activating group) is 1. The molecule has 0 radical (unpaired) electrons. The Balaban J connectivity index is 2.69. The number of hydrogen-bond acceptors (Lipinski definition) is 4. The number of carbonyl (C=O) groups excluding carboxylic acids is 1. The molecule has 0 spiro atoms. The second kappa shape index (κ2) is 8.01. The van der Waals surface area contributed by atoms with Crippen molar-refractivity contribution in [2.24, 2.45) is 4.99 Å². The topological polar surface area (TPSA) is 57.6 Å². The lowest BCUT2D eigenvalue weighted by molar-refractivity contribution is -0.111. The van der Waals surface area contributed by atoms with E-state index in [0.717, 1.165) is 5.71 Å². The van der Waals surface area contributed by atoms with E-state index in [1.165, 1.54) is 6.08 Å². The number of aromatic nitrogens is 1. The molecule has 0 saturated heterocycles. The minimum Gasteiger partial charge on any atom is -0.307 e. The van der Waals surface area contributed by atoms with Crippen molar-refractivity contribution >= 4 is 23.3 Å². The van der Waals surface area contributed by atoms with Crippen LogP contribution in [0.1, 0.15) is 6.92 Å². The van der Waals surface area contributed by atoms with E-state index in [2.05, 4.69) is 21.9 Å². The number of aliphatic imine (C=N–C) groups is 1. The van der Waals surface area contributed by atoms with Gasteiger partial charge >= 0.3 is 0 Å². The molecule has 1 amide bonds. The fraction of sp³-hybridized carbons (Fsp3) is 0.267. The lowest BCUT2D eigenvalue weighted by Gasteiger charge is -2.04. The molecule has 0 unspecified atom stereocenters. The van der Waals surface area contributed by atoms with Gasteiger partial charge in [-0.05, 0) is 39.2 Å². The maximum absolute atomic E-state index is 11.7. The van der Waals surface area contributed by atoms with Gasteiger partial charge in [0.25, 0.3) is 0 Å². The Bertz CT molecular complexity index is 532. The van der Waals surface area contributed by atoms with Crippen LogP contribution < -0.4 is 5.32 Å². The maximum atomic E-state index is 11.7. The van der Waals surface area contributed by atoms with Gasteiger partial charge in [-0.15, -0.1) is 0 Å². The van der Waals surface area contributed by atoms with Crippen molar-refractivity contribution < 1.29 is 4.79 Å². The van der Waals surface area contributed by atoms with Gasteiger partial charge in [0.1, 0.15) is 5.82 Å². The van der Waals surface area contributed by atoms with Gasteiger partial charge in [0.2, 0.25) is 5.91 Å². The summed E-state index contributed by atoms with van der Waals surface area (Å²) < 4.78 is 0. The number of nitrogens with zero attached hydrogens (tertiary/aromatic N) is 3. The fourth-order valence-corrected chi connectivity index (χ4v) is 1.32. The molecule has 1 aromatic rings. The molecule has 0 aliphatic carbocycles. The first kappa shape index (κ1) is 15.8. The number of carbonyl (C=O) groups is 1. The van der Waals surface area contributed by atoms with Crippen LogP contribution in [-0.2, 0) is 4.79 Å². The first-order chi connectivity index (χ1) is 9.51. The van der Waals surface area contributed by atoms with E-state index >= 15 is 0 Å². The summed E-state index contributed by atoms with van der Waals surface area (Å²) in [5, 5.41) is 2.70. The van der Waals surface area contributed by atoms with E-state index in [0.29, 0.717) is 18.2 Å². The predicted molar refractivity (Wildman–Crippen MR) is 83.5 cm³/mol. The summed E-state index contributed by atoms with van der Waals surface area (Å²) in [6.45, 7) is 6.18. The van der Waals surface area contributed by atoms with Gasteiger partial charge in [-0.2, -0.15) is 0 Å². The smallest absolute Gasteiger partial charge is 0.249 e. The normalized spacial score (nSPS) is 11.9. The average Bonchev–Trinajstić information content (AvgIpc) is 2.38. The summed E-state index contributed by atoms with van der Waals surface area (Å²) in [5.41, 5.74) is 0.770. The Morgan fingerprint density at radius 1 is 1.50 bits per heavy atom. The van der Waals surface area contributed by atoms with Crippen LogP contribution in [0.5, 0.6) is 0 Å². The summed E-state index contributed by atoms with van der Waals surface area (Å²) in [6, 6.07) is 5.28. The predicted octanol–water partition coefficient (Wildman–Crippen LogP) is 2.42. The van der Waals surface area contributed by atoms with Crippen LogP contribution in [0, 0.1) is 0 Å². The highest BCUT2D eigenvalue weighted by atomic mass is 16.1. The van der Waals surface area contributed by atoms with Crippen LogP contribution >= 0.6 is 0 Å². The van der Waals surface area contributed by atoms with Crippen LogP contribution in [0.15, 0.2) is 48.0 Å². The Labute approximate surface area is 119 Å². The molecule has 0 fully saturated rings. The number of rotatable bonds is 6. The lowest BCUT2D eigenvalue weighted by Crippen LogP contribution is -2.13. The molecule has 5 nitrogen and oxygen atoms in total. The molecule has 0 aromatic carbocycles. The number of pyridine rings is 1. The highest BCUT2D eigenvalue weighted by Crippen LogP contribution is 2.12. The second-order valence-corrected chi connectivity index (χ2v) is 4.49. The Morgan fingerprint density at radius 3 is 2.90 bits per heavy atom. The van der Waals surface area contributed by atoms with Crippen molar-refractivity contribution in [1.82, 2.24) is 9.88 Å². The molecule has 20 heavy (non-hydrogen) atoms. The molecule has 106 valence electrons. The van der Waals surface area contributed by atoms with Gasteiger partial charge in [0.05, 0.1) is 0 Å². The first-order valence-corrected chi connectivity index (χ1v) is 6.28. The fourth-order valence-electron chi connectivity index (χ4n) is 1.32. The molecule has 1 aromatic heterocycles. The third-order valence-electron chi connectivity index (χ3n) is 2.31. The van der Waals surface area contributed by atoms with Crippen molar-refractivity contribution in [2.75, 3.05) is 26.0 Å². The van der Waals surface area contributed by atoms with Gasteiger partial charge in [0, 0.05) is 18.3 Å². The van der Waals surface area contributed by atoms with E-state index in [1.807, 2.05) is 25.9 Å². The van der Waals surface area contributed by atoms with Crippen LogP contribution in [0.25, 0.3) is 0 Å². The van der Waals surface area contributed by atoms with Gasteiger partial charge in [-0.25, -0.2) is 9.98 Å². The molecule has 5 heteroatoms. The molecule has 0 aliphatic heterocycles. The summed E-state index contributed by atoms with van der Waals surface area (Å²) in [7, 11) is 3.88. The van der Waals surface area contributed by atoms with Crippen LogP contribution in [0.2, 0.25) is 0 Å². The standard InChI is InChI=1S/C15H20N4O/c1-5-12(2)16-13-8-6-9-14(17-13)18-15(20)10-7-11-19(3)4/h5-10H,1,11H2,2-4H3,(H,17,18,20)/b10-7+,16-12?. The minimum atomic E-state index is -0.207. The SMILES string of the molecule is C=CC(C)=Nc1cccc(NC(=O)/C=C/CN(C)C)n1. The Kier molecular flexibility index (Phi) is 6.32. The van der Waals surface area contributed by atoms with Crippen molar-refractivity contribution in [2.45, 2.75) is 6.92 Å².